The Morgan fingerprint density at radius 2 is 1.83 bits per heavy atom. The Hall–Kier alpha value is -2.69. The SMILES string of the molecule is COC(=O)N1C[C@H](C)[C@H](c2ccc(OC)c(OCCCCc3ccccc3)c2)C1. The molecule has 0 spiro atoms. The van der Waals surface area contributed by atoms with Gasteiger partial charge in [-0.3, -0.25) is 0 Å². The number of unbranched alkanes of at least 4 members (excludes halogenated alkanes) is 1. The summed E-state index contributed by atoms with van der Waals surface area (Å²) in [6.45, 7) is 4.19. The number of aryl methyl sites for hydroxylation is 1. The highest BCUT2D eigenvalue weighted by molar-refractivity contribution is 5.68. The van der Waals surface area contributed by atoms with Crippen LogP contribution < -0.4 is 9.47 Å². The quantitative estimate of drug-likeness (QED) is 0.595. The van der Waals surface area contributed by atoms with Gasteiger partial charge in [-0.25, -0.2) is 4.79 Å². The molecule has 156 valence electrons. The Morgan fingerprint density at radius 1 is 1.03 bits per heavy atom. The number of benzene rings is 2. The zero-order valence-electron chi connectivity index (χ0n) is 17.6. The summed E-state index contributed by atoms with van der Waals surface area (Å²) in [4.78, 5) is 13.6. The van der Waals surface area contributed by atoms with E-state index in [4.69, 9.17) is 14.2 Å². The van der Waals surface area contributed by atoms with E-state index in [0.29, 0.717) is 25.6 Å². The van der Waals surface area contributed by atoms with Crippen LogP contribution in [0.5, 0.6) is 11.5 Å². The van der Waals surface area contributed by atoms with Gasteiger partial charge in [0, 0.05) is 19.0 Å². The van der Waals surface area contributed by atoms with Crippen molar-refractivity contribution >= 4 is 6.09 Å². The zero-order valence-corrected chi connectivity index (χ0v) is 17.6. The van der Waals surface area contributed by atoms with Gasteiger partial charge in [0.2, 0.25) is 0 Å². The van der Waals surface area contributed by atoms with E-state index in [0.717, 1.165) is 30.8 Å². The van der Waals surface area contributed by atoms with Gasteiger partial charge >= 0.3 is 6.09 Å². The zero-order chi connectivity index (χ0) is 20.6. The summed E-state index contributed by atoms with van der Waals surface area (Å²) in [6.07, 6.45) is 2.87. The van der Waals surface area contributed by atoms with Crippen LogP contribution in [0.1, 0.15) is 36.8 Å². The molecule has 5 heteroatoms. The second kappa shape index (κ2) is 10.2. The maximum absolute atomic E-state index is 11.9. The monoisotopic (exact) mass is 397 g/mol. The minimum Gasteiger partial charge on any atom is -0.493 e. The van der Waals surface area contributed by atoms with E-state index in [1.165, 1.54) is 18.2 Å². The van der Waals surface area contributed by atoms with Crippen molar-refractivity contribution in [2.24, 2.45) is 5.92 Å². The predicted molar refractivity (Wildman–Crippen MR) is 114 cm³/mol. The van der Waals surface area contributed by atoms with Crippen molar-refractivity contribution < 1.29 is 19.0 Å². The molecule has 0 aromatic heterocycles. The fourth-order valence-electron chi connectivity index (χ4n) is 3.97. The molecule has 0 saturated carbocycles. The second-order valence-corrected chi connectivity index (χ2v) is 7.66. The normalized spacial score (nSPS) is 18.5. The van der Waals surface area contributed by atoms with Crippen LogP contribution in [0.15, 0.2) is 48.5 Å². The van der Waals surface area contributed by atoms with Gasteiger partial charge in [-0.15, -0.1) is 0 Å². The minimum absolute atomic E-state index is 0.261. The predicted octanol–water partition coefficient (Wildman–Crippen LogP) is 4.90. The van der Waals surface area contributed by atoms with Gasteiger partial charge < -0.3 is 19.1 Å². The lowest BCUT2D eigenvalue weighted by atomic mass is 9.90. The standard InChI is InChI=1S/C24H31NO4/c1-18-16-25(24(26)28-3)17-21(18)20-12-13-22(27-2)23(15-20)29-14-8-7-11-19-9-5-4-6-10-19/h4-6,9-10,12-13,15,18,21H,7-8,11,14,16-17H2,1-3H3/t18-,21+/m0/s1. The molecule has 0 aliphatic carbocycles. The molecule has 1 aliphatic heterocycles. The molecule has 0 radical (unpaired) electrons. The topological polar surface area (TPSA) is 48.0 Å². The Balaban J connectivity index is 1.58. The molecule has 3 rings (SSSR count). The van der Waals surface area contributed by atoms with Crippen molar-refractivity contribution in [1.82, 2.24) is 4.90 Å². The van der Waals surface area contributed by atoms with Crippen molar-refractivity contribution in [2.75, 3.05) is 33.9 Å². The van der Waals surface area contributed by atoms with Gasteiger partial charge in [0.15, 0.2) is 11.5 Å². The molecule has 2 aromatic carbocycles. The van der Waals surface area contributed by atoms with Crippen LogP contribution in [0.25, 0.3) is 0 Å². The average Bonchev–Trinajstić information content (AvgIpc) is 3.15. The maximum Gasteiger partial charge on any atom is 0.409 e. The maximum atomic E-state index is 11.9. The lowest BCUT2D eigenvalue weighted by molar-refractivity contribution is 0.131. The fourth-order valence-corrected chi connectivity index (χ4v) is 3.97. The van der Waals surface area contributed by atoms with Crippen molar-refractivity contribution in [3.8, 4) is 11.5 Å². The van der Waals surface area contributed by atoms with Crippen molar-refractivity contribution in [2.45, 2.75) is 32.1 Å². The number of amides is 1. The molecular weight excluding hydrogens is 366 g/mol. The van der Waals surface area contributed by atoms with E-state index in [2.05, 4.69) is 43.3 Å². The van der Waals surface area contributed by atoms with Crippen LogP contribution in [-0.4, -0.2) is 44.9 Å². The number of carbonyl (C=O) groups is 1. The fraction of sp³-hybridized carbons (Fsp3) is 0.458. The molecule has 2 atom stereocenters. The van der Waals surface area contributed by atoms with Crippen molar-refractivity contribution in [3.05, 3.63) is 59.7 Å². The number of ether oxygens (including phenoxy) is 3. The third-order valence-electron chi connectivity index (χ3n) is 5.62. The van der Waals surface area contributed by atoms with E-state index < -0.39 is 0 Å². The highest BCUT2D eigenvalue weighted by Crippen LogP contribution is 2.37. The molecular formula is C24H31NO4. The summed E-state index contributed by atoms with van der Waals surface area (Å²) >= 11 is 0. The van der Waals surface area contributed by atoms with Gasteiger partial charge in [0.25, 0.3) is 0 Å². The van der Waals surface area contributed by atoms with E-state index in [-0.39, 0.29) is 12.0 Å². The molecule has 1 heterocycles. The first-order valence-corrected chi connectivity index (χ1v) is 10.3. The van der Waals surface area contributed by atoms with Crippen LogP contribution in [0.2, 0.25) is 0 Å². The highest BCUT2D eigenvalue weighted by Gasteiger charge is 2.34. The van der Waals surface area contributed by atoms with Gasteiger partial charge in [-0.2, -0.15) is 0 Å². The summed E-state index contributed by atoms with van der Waals surface area (Å²) < 4.78 is 16.4. The molecule has 1 saturated heterocycles. The van der Waals surface area contributed by atoms with E-state index in [1.54, 1.807) is 12.0 Å². The number of carbonyl (C=O) groups excluding carboxylic acids is 1. The Labute approximate surface area is 173 Å². The first-order valence-electron chi connectivity index (χ1n) is 10.3. The number of hydrogen-bond donors (Lipinski definition) is 0. The number of hydrogen-bond acceptors (Lipinski definition) is 4. The smallest absolute Gasteiger partial charge is 0.409 e. The highest BCUT2D eigenvalue weighted by atomic mass is 16.5. The molecule has 0 bridgehead atoms. The van der Waals surface area contributed by atoms with Crippen LogP contribution in [0, 0.1) is 5.92 Å². The molecule has 1 aliphatic rings. The van der Waals surface area contributed by atoms with Gasteiger partial charge in [0.05, 0.1) is 20.8 Å². The Morgan fingerprint density at radius 3 is 2.55 bits per heavy atom. The summed E-state index contributed by atoms with van der Waals surface area (Å²) in [6, 6.07) is 16.6. The van der Waals surface area contributed by atoms with Gasteiger partial charge in [0.1, 0.15) is 0 Å². The minimum atomic E-state index is -0.261. The molecule has 5 nitrogen and oxygen atoms in total. The van der Waals surface area contributed by atoms with E-state index >= 15 is 0 Å². The number of rotatable bonds is 8. The lowest BCUT2D eigenvalue weighted by Gasteiger charge is -2.18. The van der Waals surface area contributed by atoms with Crippen molar-refractivity contribution in [1.29, 1.82) is 0 Å². The lowest BCUT2D eigenvalue weighted by Crippen LogP contribution is -2.28. The van der Waals surface area contributed by atoms with Gasteiger partial charge in [-0.1, -0.05) is 43.3 Å². The van der Waals surface area contributed by atoms with Crippen LogP contribution in [0.3, 0.4) is 0 Å². The molecule has 0 N–H and O–H groups in total. The Kier molecular flexibility index (Phi) is 7.39. The molecule has 1 fully saturated rings. The first-order chi connectivity index (χ1) is 14.1. The van der Waals surface area contributed by atoms with Crippen LogP contribution in [0.4, 0.5) is 4.79 Å². The number of likely N-dealkylation sites (tertiary alicyclic amines) is 1. The average molecular weight is 398 g/mol. The van der Waals surface area contributed by atoms with Gasteiger partial charge in [-0.05, 0) is 48.4 Å². The summed E-state index contributed by atoms with van der Waals surface area (Å²) in [5, 5.41) is 0. The molecule has 1 amide bonds. The van der Waals surface area contributed by atoms with Crippen molar-refractivity contribution in [3.63, 3.8) is 0 Å². The van der Waals surface area contributed by atoms with E-state index in [1.807, 2.05) is 12.1 Å². The summed E-state index contributed by atoms with van der Waals surface area (Å²) in [5.41, 5.74) is 2.53. The van der Waals surface area contributed by atoms with Crippen LogP contribution >= 0.6 is 0 Å². The Bertz CT molecular complexity index is 793. The van der Waals surface area contributed by atoms with Crippen LogP contribution in [-0.2, 0) is 11.2 Å². The molecule has 29 heavy (non-hydrogen) atoms. The first kappa shape index (κ1) is 21.0. The summed E-state index contributed by atoms with van der Waals surface area (Å²) in [5.74, 6) is 2.14. The number of nitrogens with zero attached hydrogens (tertiary/aromatic N) is 1. The second-order valence-electron chi connectivity index (χ2n) is 7.66. The number of methoxy groups -OCH3 is 2. The summed E-state index contributed by atoms with van der Waals surface area (Å²) in [7, 11) is 3.09. The molecule has 0 unspecified atom stereocenters. The third-order valence-corrected chi connectivity index (χ3v) is 5.62. The third kappa shape index (κ3) is 5.43. The largest absolute Gasteiger partial charge is 0.493 e. The van der Waals surface area contributed by atoms with E-state index in [9.17, 15) is 4.79 Å². The molecule has 2 aromatic rings.